The summed E-state index contributed by atoms with van der Waals surface area (Å²) in [5, 5.41) is 2.87. The summed E-state index contributed by atoms with van der Waals surface area (Å²) < 4.78 is 5.88. The van der Waals surface area contributed by atoms with Crippen LogP contribution in [-0.2, 0) is 4.79 Å². The number of aryl methyl sites for hydroxylation is 2. The van der Waals surface area contributed by atoms with Crippen LogP contribution >= 0.6 is 0 Å². The normalized spacial score (nSPS) is 15.7. The molecule has 2 aromatic carbocycles. The first-order valence-electron chi connectivity index (χ1n) is 9.97. The van der Waals surface area contributed by atoms with Crippen molar-refractivity contribution in [3.8, 4) is 5.75 Å². The molecule has 1 saturated heterocycles. The third kappa shape index (κ3) is 5.15. The molecule has 1 N–H and O–H groups in total. The van der Waals surface area contributed by atoms with Crippen LogP contribution in [0.15, 0.2) is 42.5 Å². The van der Waals surface area contributed by atoms with E-state index in [1.54, 1.807) is 19.1 Å². The van der Waals surface area contributed by atoms with Gasteiger partial charge in [0.1, 0.15) is 5.75 Å². The molecule has 1 unspecified atom stereocenters. The van der Waals surface area contributed by atoms with Crippen molar-refractivity contribution in [3.05, 3.63) is 59.2 Å². The molecule has 0 aliphatic carbocycles. The first-order valence-corrected chi connectivity index (χ1v) is 9.97. The average molecular weight is 396 g/mol. The highest BCUT2D eigenvalue weighted by Gasteiger charge is 2.24. The number of rotatable bonds is 5. The molecule has 1 aliphatic rings. The minimum absolute atomic E-state index is 0.0582. The molecular formula is C23H29N3O3. The van der Waals surface area contributed by atoms with E-state index in [2.05, 4.69) is 10.2 Å². The van der Waals surface area contributed by atoms with Gasteiger partial charge in [-0.05, 0) is 57.1 Å². The molecule has 1 heterocycles. The van der Waals surface area contributed by atoms with Gasteiger partial charge in [0.25, 0.3) is 11.8 Å². The SMILES string of the molecule is Cc1ccc(C)c(OC(C)C(=O)Nc2ccccc2C(=O)N2CCN(C)CC2)c1. The fraction of sp³-hybridized carbons (Fsp3) is 0.391. The quantitative estimate of drug-likeness (QED) is 0.845. The number of amides is 2. The van der Waals surface area contributed by atoms with E-state index in [-0.39, 0.29) is 11.8 Å². The first kappa shape index (κ1) is 20.9. The van der Waals surface area contributed by atoms with Crippen molar-refractivity contribution in [1.29, 1.82) is 0 Å². The Labute approximate surface area is 172 Å². The number of hydrogen-bond acceptors (Lipinski definition) is 4. The maximum absolute atomic E-state index is 13.0. The van der Waals surface area contributed by atoms with Crippen molar-refractivity contribution >= 4 is 17.5 Å². The number of piperazine rings is 1. The van der Waals surface area contributed by atoms with Crippen LogP contribution in [0.4, 0.5) is 5.69 Å². The number of nitrogens with one attached hydrogen (secondary N) is 1. The minimum atomic E-state index is -0.692. The molecule has 1 atom stereocenters. The molecule has 29 heavy (non-hydrogen) atoms. The Bertz CT molecular complexity index is 889. The number of carbonyl (C=O) groups is 2. The lowest BCUT2D eigenvalue weighted by molar-refractivity contribution is -0.122. The Morgan fingerprint density at radius 2 is 1.72 bits per heavy atom. The summed E-state index contributed by atoms with van der Waals surface area (Å²) >= 11 is 0. The monoisotopic (exact) mass is 395 g/mol. The minimum Gasteiger partial charge on any atom is -0.481 e. The average Bonchev–Trinajstić information content (AvgIpc) is 2.71. The number of anilines is 1. The van der Waals surface area contributed by atoms with E-state index in [4.69, 9.17) is 4.74 Å². The zero-order chi connectivity index (χ0) is 21.0. The molecule has 0 bridgehead atoms. The molecule has 3 rings (SSSR count). The summed E-state index contributed by atoms with van der Waals surface area (Å²) in [4.78, 5) is 29.7. The van der Waals surface area contributed by atoms with Gasteiger partial charge in [-0.3, -0.25) is 9.59 Å². The van der Waals surface area contributed by atoms with Crippen LogP contribution in [-0.4, -0.2) is 60.9 Å². The summed E-state index contributed by atoms with van der Waals surface area (Å²) in [6, 6.07) is 13.0. The summed E-state index contributed by atoms with van der Waals surface area (Å²) in [6.45, 7) is 8.71. The Morgan fingerprint density at radius 1 is 1.03 bits per heavy atom. The Morgan fingerprint density at radius 3 is 2.45 bits per heavy atom. The molecule has 1 fully saturated rings. The lowest BCUT2D eigenvalue weighted by Gasteiger charge is -2.32. The zero-order valence-corrected chi connectivity index (χ0v) is 17.6. The van der Waals surface area contributed by atoms with E-state index in [9.17, 15) is 9.59 Å². The second-order valence-corrected chi connectivity index (χ2v) is 7.66. The smallest absolute Gasteiger partial charge is 0.265 e. The summed E-state index contributed by atoms with van der Waals surface area (Å²) in [5.41, 5.74) is 3.06. The van der Waals surface area contributed by atoms with Crippen LogP contribution in [0.5, 0.6) is 5.75 Å². The fourth-order valence-electron chi connectivity index (χ4n) is 3.27. The number of likely N-dealkylation sites (N-methyl/N-ethyl adjacent to an activating group) is 1. The fourth-order valence-corrected chi connectivity index (χ4v) is 3.27. The van der Waals surface area contributed by atoms with Crippen LogP contribution in [0.3, 0.4) is 0 Å². The van der Waals surface area contributed by atoms with Crippen LogP contribution in [0.25, 0.3) is 0 Å². The van der Waals surface area contributed by atoms with E-state index in [1.807, 2.05) is 56.1 Å². The van der Waals surface area contributed by atoms with Crippen molar-refractivity contribution in [2.75, 3.05) is 38.5 Å². The van der Waals surface area contributed by atoms with Crippen LogP contribution in [0.1, 0.15) is 28.4 Å². The largest absolute Gasteiger partial charge is 0.481 e. The maximum atomic E-state index is 13.0. The first-order chi connectivity index (χ1) is 13.8. The molecule has 2 amide bonds. The van der Waals surface area contributed by atoms with Crippen molar-refractivity contribution in [2.24, 2.45) is 0 Å². The highest BCUT2D eigenvalue weighted by atomic mass is 16.5. The van der Waals surface area contributed by atoms with Gasteiger partial charge < -0.3 is 19.9 Å². The topological polar surface area (TPSA) is 61.9 Å². The lowest BCUT2D eigenvalue weighted by Crippen LogP contribution is -2.47. The number of para-hydroxylation sites is 1. The third-order valence-electron chi connectivity index (χ3n) is 5.22. The van der Waals surface area contributed by atoms with Crippen molar-refractivity contribution in [2.45, 2.75) is 26.9 Å². The molecule has 2 aromatic rings. The molecule has 0 spiro atoms. The van der Waals surface area contributed by atoms with Gasteiger partial charge >= 0.3 is 0 Å². The van der Waals surface area contributed by atoms with E-state index < -0.39 is 6.10 Å². The molecule has 6 heteroatoms. The molecular weight excluding hydrogens is 366 g/mol. The van der Waals surface area contributed by atoms with Gasteiger partial charge in [0.2, 0.25) is 0 Å². The van der Waals surface area contributed by atoms with E-state index in [0.29, 0.717) is 30.1 Å². The predicted octanol–water partition coefficient (Wildman–Crippen LogP) is 3.10. The van der Waals surface area contributed by atoms with E-state index in [0.717, 1.165) is 24.2 Å². The van der Waals surface area contributed by atoms with Crippen molar-refractivity contribution in [3.63, 3.8) is 0 Å². The number of ether oxygens (including phenoxy) is 1. The van der Waals surface area contributed by atoms with Gasteiger partial charge in [-0.1, -0.05) is 24.3 Å². The summed E-state index contributed by atoms with van der Waals surface area (Å²) in [5.74, 6) is 0.344. The molecule has 154 valence electrons. The van der Waals surface area contributed by atoms with Gasteiger partial charge in [-0.15, -0.1) is 0 Å². The second-order valence-electron chi connectivity index (χ2n) is 7.66. The highest BCUT2D eigenvalue weighted by molar-refractivity contribution is 6.04. The van der Waals surface area contributed by atoms with Gasteiger partial charge in [0, 0.05) is 26.2 Å². The van der Waals surface area contributed by atoms with Gasteiger partial charge in [-0.2, -0.15) is 0 Å². The molecule has 0 aromatic heterocycles. The molecule has 0 radical (unpaired) electrons. The Kier molecular flexibility index (Phi) is 6.54. The van der Waals surface area contributed by atoms with E-state index in [1.165, 1.54) is 0 Å². The second kappa shape index (κ2) is 9.09. The maximum Gasteiger partial charge on any atom is 0.265 e. The Balaban J connectivity index is 1.70. The van der Waals surface area contributed by atoms with Crippen LogP contribution in [0, 0.1) is 13.8 Å². The van der Waals surface area contributed by atoms with Gasteiger partial charge in [-0.25, -0.2) is 0 Å². The number of carbonyl (C=O) groups excluding carboxylic acids is 2. The zero-order valence-electron chi connectivity index (χ0n) is 17.6. The number of hydrogen-bond donors (Lipinski definition) is 1. The molecule has 0 saturated carbocycles. The number of nitrogens with zero attached hydrogens (tertiary/aromatic N) is 2. The Hall–Kier alpha value is -2.86. The predicted molar refractivity (Wildman–Crippen MR) is 114 cm³/mol. The molecule has 1 aliphatic heterocycles. The lowest BCUT2D eigenvalue weighted by atomic mass is 10.1. The van der Waals surface area contributed by atoms with E-state index >= 15 is 0 Å². The number of benzene rings is 2. The highest BCUT2D eigenvalue weighted by Crippen LogP contribution is 2.22. The van der Waals surface area contributed by atoms with Crippen molar-refractivity contribution in [1.82, 2.24) is 9.80 Å². The molecule has 6 nitrogen and oxygen atoms in total. The van der Waals surface area contributed by atoms with Crippen molar-refractivity contribution < 1.29 is 14.3 Å². The van der Waals surface area contributed by atoms with Gasteiger partial charge in [0.05, 0.1) is 11.3 Å². The van der Waals surface area contributed by atoms with Crippen LogP contribution < -0.4 is 10.1 Å². The van der Waals surface area contributed by atoms with Gasteiger partial charge in [0.15, 0.2) is 6.10 Å². The van der Waals surface area contributed by atoms with Crippen LogP contribution in [0.2, 0.25) is 0 Å². The summed E-state index contributed by atoms with van der Waals surface area (Å²) in [6.07, 6.45) is -0.692. The summed E-state index contributed by atoms with van der Waals surface area (Å²) in [7, 11) is 2.05. The standard InChI is InChI=1S/C23H29N3O3/c1-16-9-10-17(2)21(15-16)29-18(3)22(27)24-20-8-6-5-7-19(20)23(28)26-13-11-25(4)12-14-26/h5-10,15,18H,11-14H2,1-4H3,(H,24,27). The third-order valence-corrected chi connectivity index (χ3v) is 5.22.